The molecular formula is C26H22ClNO7. The van der Waals surface area contributed by atoms with E-state index in [0.717, 1.165) is 16.8 Å². The minimum Gasteiger partial charge on any atom is -0.504 e. The van der Waals surface area contributed by atoms with Crippen molar-refractivity contribution in [2.75, 3.05) is 25.8 Å². The number of hydrogen-bond acceptors (Lipinski definition) is 8. The molecule has 0 saturated carbocycles. The number of methoxy groups -OCH3 is 1. The number of nitrogens with one attached hydrogen (secondary N) is 1. The number of hydrogen-bond donors (Lipinski definition) is 3. The van der Waals surface area contributed by atoms with Gasteiger partial charge in [-0.25, -0.2) is 0 Å². The van der Waals surface area contributed by atoms with Crippen molar-refractivity contribution in [3.8, 4) is 28.7 Å². The van der Waals surface area contributed by atoms with Gasteiger partial charge >= 0.3 is 5.97 Å². The topological polar surface area (TPSA) is 106 Å². The third-order valence-corrected chi connectivity index (χ3v) is 7.26. The number of rotatable bonds is 4. The maximum atomic E-state index is 13.1. The first-order valence-electron chi connectivity index (χ1n) is 11.2. The number of carbonyl (C=O) groups excluding carboxylic acids is 1. The number of phenolic OH excluding ortho intramolecular Hbond substituents is 2. The van der Waals surface area contributed by atoms with Crippen LogP contribution in [0.5, 0.6) is 28.7 Å². The molecule has 0 radical (unpaired) electrons. The first-order valence-corrected chi connectivity index (χ1v) is 11.5. The van der Waals surface area contributed by atoms with Crippen molar-refractivity contribution in [1.29, 1.82) is 0 Å². The first kappa shape index (κ1) is 21.7. The fourth-order valence-corrected chi connectivity index (χ4v) is 5.55. The molecule has 4 atom stereocenters. The molecule has 2 heterocycles. The molecule has 0 unspecified atom stereocenters. The van der Waals surface area contributed by atoms with Crippen molar-refractivity contribution in [3.05, 3.63) is 70.2 Å². The van der Waals surface area contributed by atoms with E-state index in [0.29, 0.717) is 22.1 Å². The van der Waals surface area contributed by atoms with Gasteiger partial charge in [-0.15, -0.1) is 0 Å². The Hall–Kier alpha value is -3.78. The zero-order chi connectivity index (χ0) is 24.3. The van der Waals surface area contributed by atoms with Crippen molar-refractivity contribution in [2.45, 2.75) is 12.0 Å². The maximum absolute atomic E-state index is 13.1. The van der Waals surface area contributed by atoms with E-state index in [9.17, 15) is 15.0 Å². The largest absolute Gasteiger partial charge is 0.504 e. The molecule has 8 nitrogen and oxygen atoms in total. The van der Waals surface area contributed by atoms with Crippen molar-refractivity contribution < 1.29 is 34.0 Å². The molecule has 3 N–H and O–H groups in total. The van der Waals surface area contributed by atoms with Gasteiger partial charge < -0.3 is 34.5 Å². The monoisotopic (exact) mass is 495 g/mol. The second-order valence-corrected chi connectivity index (χ2v) is 9.29. The Morgan fingerprint density at radius 1 is 1.00 bits per heavy atom. The highest BCUT2D eigenvalue weighted by Gasteiger charge is 2.52. The summed E-state index contributed by atoms with van der Waals surface area (Å²) in [5.74, 6) is -0.900. The third kappa shape index (κ3) is 3.47. The van der Waals surface area contributed by atoms with E-state index < -0.39 is 11.8 Å². The predicted octanol–water partition coefficient (Wildman–Crippen LogP) is 4.58. The number of carbonyl (C=O) groups is 1. The minimum atomic E-state index is -0.540. The van der Waals surface area contributed by atoms with Crippen LogP contribution in [-0.2, 0) is 9.53 Å². The number of aromatic hydroxyl groups is 2. The molecule has 1 saturated heterocycles. The number of esters is 1. The fourth-order valence-electron chi connectivity index (χ4n) is 5.42. The van der Waals surface area contributed by atoms with E-state index in [-0.39, 0.29) is 48.6 Å². The quantitative estimate of drug-likeness (QED) is 0.357. The molecule has 3 aromatic rings. The Morgan fingerprint density at radius 2 is 1.71 bits per heavy atom. The molecule has 0 aromatic heterocycles. The predicted molar refractivity (Wildman–Crippen MR) is 126 cm³/mol. The highest BCUT2D eigenvalue weighted by Crippen LogP contribution is 2.56. The summed E-state index contributed by atoms with van der Waals surface area (Å²) in [5, 5.41) is 24.8. The van der Waals surface area contributed by atoms with Crippen molar-refractivity contribution in [2.24, 2.45) is 11.8 Å². The van der Waals surface area contributed by atoms with Gasteiger partial charge in [0.05, 0.1) is 25.7 Å². The van der Waals surface area contributed by atoms with E-state index in [1.807, 2.05) is 24.3 Å². The van der Waals surface area contributed by atoms with E-state index >= 15 is 0 Å². The van der Waals surface area contributed by atoms with Crippen LogP contribution in [0.1, 0.15) is 28.7 Å². The molecule has 3 aliphatic rings. The van der Waals surface area contributed by atoms with Gasteiger partial charge in [0.1, 0.15) is 0 Å². The van der Waals surface area contributed by atoms with Crippen LogP contribution in [0, 0.1) is 11.8 Å². The van der Waals surface area contributed by atoms with Gasteiger partial charge in [0.25, 0.3) is 0 Å². The summed E-state index contributed by atoms with van der Waals surface area (Å²) in [7, 11) is 1.41. The lowest BCUT2D eigenvalue weighted by molar-refractivity contribution is -0.141. The van der Waals surface area contributed by atoms with Gasteiger partial charge in [-0.3, -0.25) is 4.79 Å². The lowest BCUT2D eigenvalue weighted by atomic mass is 9.65. The van der Waals surface area contributed by atoms with Crippen molar-refractivity contribution in [3.63, 3.8) is 0 Å². The van der Waals surface area contributed by atoms with Gasteiger partial charge in [-0.05, 0) is 65.2 Å². The normalized spacial score (nSPS) is 23.9. The van der Waals surface area contributed by atoms with Crippen LogP contribution >= 0.6 is 11.6 Å². The zero-order valence-electron chi connectivity index (χ0n) is 18.7. The highest BCUT2D eigenvalue weighted by atomic mass is 35.5. The molecule has 2 aliphatic heterocycles. The van der Waals surface area contributed by atoms with Crippen LogP contribution in [0.3, 0.4) is 0 Å². The van der Waals surface area contributed by atoms with Crippen LogP contribution in [0.25, 0.3) is 0 Å². The Bertz CT molecular complexity index is 1330. The van der Waals surface area contributed by atoms with E-state index in [2.05, 4.69) is 5.32 Å². The van der Waals surface area contributed by atoms with Gasteiger partial charge in [-0.1, -0.05) is 11.6 Å². The van der Waals surface area contributed by atoms with Crippen molar-refractivity contribution in [1.82, 2.24) is 0 Å². The number of cyclic esters (lactones) is 1. The van der Waals surface area contributed by atoms with E-state index in [1.165, 1.54) is 13.2 Å². The maximum Gasteiger partial charge on any atom is 0.310 e. The Labute approximate surface area is 206 Å². The molecule has 0 bridgehead atoms. The molecule has 180 valence electrons. The average Bonchev–Trinajstić information content (AvgIpc) is 3.47. The third-order valence-electron chi connectivity index (χ3n) is 7.01. The summed E-state index contributed by atoms with van der Waals surface area (Å²) in [5.41, 5.74) is 3.24. The summed E-state index contributed by atoms with van der Waals surface area (Å²) < 4.78 is 22.2. The average molecular weight is 496 g/mol. The van der Waals surface area contributed by atoms with Gasteiger partial charge in [0.2, 0.25) is 12.5 Å². The molecule has 0 amide bonds. The van der Waals surface area contributed by atoms with Gasteiger partial charge in [-0.2, -0.15) is 0 Å². The van der Waals surface area contributed by atoms with E-state index in [1.54, 1.807) is 18.2 Å². The number of fused-ring (bicyclic) bond motifs is 3. The van der Waals surface area contributed by atoms with Crippen LogP contribution in [0.4, 0.5) is 5.69 Å². The number of anilines is 1. The lowest BCUT2D eigenvalue weighted by Gasteiger charge is -2.40. The van der Waals surface area contributed by atoms with E-state index in [4.69, 9.17) is 30.5 Å². The summed E-state index contributed by atoms with van der Waals surface area (Å²) in [4.78, 5) is 13.1. The lowest BCUT2D eigenvalue weighted by Crippen LogP contribution is -2.37. The fraction of sp³-hybridized carbons (Fsp3) is 0.269. The number of ether oxygens (including phenoxy) is 4. The van der Waals surface area contributed by atoms with Crippen molar-refractivity contribution >= 4 is 23.3 Å². The number of halogens is 1. The highest BCUT2D eigenvalue weighted by molar-refractivity contribution is 6.30. The summed E-state index contributed by atoms with van der Waals surface area (Å²) in [6, 6.07) is 14.0. The second kappa shape index (κ2) is 8.16. The Balaban J connectivity index is 1.54. The number of phenols is 2. The van der Waals surface area contributed by atoms with Crippen LogP contribution in [0.2, 0.25) is 5.02 Å². The molecule has 9 heteroatoms. The molecule has 1 fully saturated rings. The van der Waals surface area contributed by atoms with Crippen LogP contribution in [0.15, 0.2) is 48.5 Å². The smallest absolute Gasteiger partial charge is 0.310 e. The Morgan fingerprint density at radius 3 is 2.43 bits per heavy atom. The minimum absolute atomic E-state index is 0.112. The second-order valence-electron chi connectivity index (χ2n) is 8.85. The summed E-state index contributed by atoms with van der Waals surface area (Å²) in [6.07, 6.45) is 0. The summed E-state index contributed by atoms with van der Waals surface area (Å²) in [6.45, 7) is 0.348. The molecule has 35 heavy (non-hydrogen) atoms. The molecule has 1 aliphatic carbocycles. The van der Waals surface area contributed by atoms with Crippen LogP contribution in [-0.4, -0.2) is 36.7 Å². The number of benzene rings is 3. The van der Waals surface area contributed by atoms with Gasteiger partial charge in [0.15, 0.2) is 23.0 Å². The summed E-state index contributed by atoms with van der Waals surface area (Å²) >= 11 is 6.07. The zero-order valence-corrected chi connectivity index (χ0v) is 19.4. The molecule has 0 spiro atoms. The Kier molecular flexibility index (Phi) is 5.07. The molecule has 6 rings (SSSR count). The van der Waals surface area contributed by atoms with Crippen LogP contribution < -0.4 is 19.5 Å². The standard InChI is InChI=1S/C26H22ClNO7/c1-32-21-7-12(6-18(29)25(21)30)22-15-8-19-20(35-11-34-19)9-16(15)24(17-10-33-26(31)23(17)22)28-14-4-2-13(27)3-5-14/h2-9,17,22-24,28-30H,10-11H2,1H3/t17-,22+,23-,24+/m0/s1. The SMILES string of the molecule is COc1cc([C@@H]2c3cc4c(cc3[C@@H](Nc3ccc(Cl)cc3)[C@H]3COC(=O)[C@H]23)OCO4)cc(O)c1O. The molecule has 3 aromatic carbocycles. The molecular weight excluding hydrogens is 474 g/mol. The van der Waals surface area contributed by atoms with Gasteiger partial charge in [0, 0.05) is 22.5 Å². The first-order chi connectivity index (χ1) is 16.9.